The van der Waals surface area contributed by atoms with Crippen molar-refractivity contribution in [2.45, 2.75) is 31.9 Å². The largest absolute Gasteiger partial charge is 0.507 e. The molecule has 0 unspecified atom stereocenters. The normalized spacial score (nSPS) is 20.3. The molecule has 0 aromatic heterocycles. The number of aliphatic hydroxyl groups is 1. The number of methoxy groups -OCH3 is 1. The van der Waals surface area contributed by atoms with Gasteiger partial charge in [0.15, 0.2) is 11.5 Å². The Balaban J connectivity index is 1.60. The number of phenols is 1. The average molecular weight is 486 g/mol. The van der Waals surface area contributed by atoms with Crippen LogP contribution in [0.5, 0.6) is 17.2 Å². The van der Waals surface area contributed by atoms with Crippen LogP contribution in [0.4, 0.5) is 0 Å². The van der Waals surface area contributed by atoms with Crippen LogP contribution < -0.4 is 9.47 Å². The molecule has 2 heterocycles. The molecule has 2 N–H and O–H groups in total. The Bertz CT molecular complexity index is 1360. The van der Waals surface area contributed by atoms with Crippen LogP contribution >= 0.6 is 0 Å². The lowest BCUT2D eigenvalue weighted by Gasteiger charge is -2.26. The molecule has 7 heteroatoms. The molecule has 0 aliphatic carbocycles. The number of benzene rings is 3. The van der Waals surface area contributed by atoms with Gasteiger partial charge < -0.3 is 24.6 Å². The summed E-state index contributed by atoms with van der Waals surface area (Å²) in [4.78, 5) is 28.0. The van der Waals surface area contributed by atoms with Crippen molar-refractivity contribution >= 4 is 17.4 Å². The number of likely N-dealkylation sites (tertiary alicyclic amines) is 1. The van der Waals surface area contributed by atoms with Crippen LogP contribution in [0.2, 0.25) is 0 Å². The Labute approximate surface area is 209 Å². The summed E-state index contributed by atoms with van der Waals surface area (Å²) in [5.41, 5.74) is 2.97. The number of carbonyl (C=O) groups excluding carboxylic acids is 2. The number of hydrogen-bond donors (Lipinski definition) is 2. The van der Waals surface area contributed by atoms with Crippen molar-refractivity contribution in [1.82, 2.24) is 4.90 Å². The molecule has 1 amide bonds. The lowest BCUT2D eigenvalue weighted by Crippen LogP contribution is -2.31. The van der Waals surface area contributed by atoms with Crippen LogP contribution in [0.15, 0.2) is 72.3 Å². The molecular formula is C29H27NO6. The van der Waals surface area contributed by atoms with Gasteiger partial charge in [-0.05, 0) is 60.4 Å². The molecule has 0 spiro atoms. The zero-order valence-electron chi connectivity index (χ0n) is 20.1. The van der Waals surface area contributed by atoms with Crippen molar-refractivity contribution in [2.24, 2.45) is 0 Å². The third-order valence-corrected chi connectivity index (χ3v) is 6.71. The molecule has 2 aliphatic rings. The minimum atomic E-state index is -0.841. The Morgan fingerprint density at radius 1 is 1.08 bits per heavy atom. The van der Waals surface area contributed by atoms with Gasteiger partial charge in [-0.15, -0.1) is 0 Å². The second-order valence-electron chi connectivity index (χ2n) is 9.11. The molecule has 7 nitrogen and oxygen atoms in total. The quantitative estimate of drug-likeness (QED) is 0.305. The highest BCUT2D eigenvalue weighted by Crippen LogP contribution is 2.42. The lowest BCUT2D eigenvalue weighted by atomic mass is 9.94. The highest BCUT2D eigenvalue weighted by Gasteiger charge is 2.46. The summed E-state index contributed by atoms with van der Waals surface area (Å²) in [6.07, 6.45) is 1.26. The zero-order valence-corrected chi connectivity index (χ0v) is 20.1. The van der Waals surface area contributed by atoms with Gasteiger partial charge in [0.1, 0.15) is 17.6 Å². The van der Waals surface area contributed by atoms with E-state index in [9.17, 15) is 19.8 Å². The Morgan fingerprint density at radius 3 is 2.61 bits per heavy atom. The molecule has 3 aromatic rings. The number of ether oxygens (including phenoxy) is 2. The van der Waals surface area contributed by atoms with Gasteiger partial charge in [0.05, 0.1) is 18.7 Å². The van der Waals surface area contributed by atoms with Crippen molar-refractivity contribution in [3.05, 3.63) is 94.6 Å². The predicted octanol–water partition coefficient (Wildman–Crippen LogP) is 4.39. The fourth-order valence-corrected chi connectivity index (χ4v) is 4.94. The first-order valence-electron chi connectivity index (χ1n) is 11.9. The van der Waals surface area contributed by atoms with E-state index in [1.807, 2.05) is 37.3 Å². The monoisotopic (exact) mass is 485 g/mol. The molecule has 1 fully saturated rings. The third kappa shape index (κ3) is 4.17. The number of Topliss-reactive ketones (excluding diaryl/α,β-unsaturated/α-hetero) is 1. The molecule has 1 saturated heterocycles. The Hall–Kier alpha value is -4.26. The van der Waals surface area contributed by atoms with Gasteiger partial charge in [0.2, 0.25) is 0 Å². The summed E-state index contributed by atoms with van der Waals surface area (Å²) in [5, 5.41) is 21.5. The summed E-state index contributed by atoms with van der Waals surface area (Å²) in [7, 11) is 1.43. The molecule has 0 radical (unpaired) electrons. The van der Waals surface area contributed by atoms with E-state index in [-0.39, 0.29) is 35.5 Å². The minimum absolute atomic E-state index is 0.00715. The van der Waals surface area contributed by atoms with Crippen LogP contribution in [0.1, 0.15) is 35.2 Å². The van der Waals surface area contributed by atoms with Gasteiger partial charge in [-0.25, -0.2) is 0 Å². The first-order chi connectivity index (χ1) is 17.4. The summed E-state index contributed by atoms with van der Waals surface area (Å²) >= 11 is 0. The molecule has 5 rings (SSSR count). The number of rotatable bonds is 6. The van der Waals surface area contributed by atoms with Crippen LogP contribution in [-0.4, -0.2) is 46.6 Å². The van der Waals surface area contributed by atoms with Gasteiger partial charge in [0, 0.05) is 18.5 Å². The number of phenolic OH excluding ortho intramolecular Hbond substituents is 1. The predicted molar refractivity (Wildman–Crippen MR) is 134 cm³/mol. The first kappa shape index (κ1) is 23.5. The van der Waals surface area contributed by atoms with E-state index in [0.717, 1.165) is 16.9 Å². The van der Waals surface area contributed by atoms with Crippen molar-refractivity contribution in [3.63, 3.8) is 0 Å². The van der Waals surface area contributed by atoms with Crippen LogP contribution in [0.25, 0.3) is 5.76 Å². The van der Waals surface area contributed by atoms with Crippen LogP contribution in [0.3, 0.4) is 0 Å². The van der Waals surface area contributed by atoms with Crippen molar-refractivity contribution < 1.29 is 29.3 Å². The van der Waals surface area contributed by atoms with E-state index < -0.39 is 17.7 Å². The van der Waals surface area contributed by atoms with Crippen LogP contribution in [0, 0.1) is 0 Å². The number of aromatic hydroxyl groups is 1. The molecular weight excluding hydrogens is 458 g/mol. The van der Waals surface area contributed by atoms with Gasteiger partial charge in [0.25, 0.3) is 11.7 Å². The maximum Gasteiger partial charge on any atom is 0.295 e. The number of ketones is 1. The summed E-state index contributed by atoms with van der Waals surface area (Å²) < 4.78 is 11.0. The standard InChI is InChI=1S/C29H27NO6/c1-17-14-21-15-20(9-11-23(21)36-17)27(32)25-26(19-8-10-22(31)24(16-19)35-2)30(29(34)28(25)33)13-12-18-6-4-3-5-7-18/h3-11,15-17,26,31-32H,12-14H2,1-2H3/b27-25+/t17-,26+/m1/s1. The van der Waals surface area contributed by atoms with Gasteiger partial charge >= 0.3 is 0 Å². The minimum Gasteiger partial charge on any atom is -0.507 e. The van der Waals surface area contributed by atoms with Crippen molar-refractivity contribution in [2.75, 3.05) is 13.7 Å². The summed E-state index contributed by atoms with van der Waals surface area (Å²) in [5.74, 6) is -0.762. The van der Waals surface area contributed by atoms with Gasteiger partial charge in [-0.1, -0.05) is 36.4 Å². The molecule has 0 bridgehead atoms. The smallest absolute Gasteiger partial charge is 0.295 e. The van der Waals surface area contributed by atoms with Crippen molar-refractivity contribution in [1.29, 1.82) is 0 Å². The fourth-order valence-electron chi connectivity index (χ4n) is 4.94. The number of fused-ring (bicyclic) bond motifs is 1. The van der Waals surface area contributed by atoms with E-state index >= 15 is 0 Å². The van der Waals surface area contributed by atoms with E-state index in [1.165, 1.54) is 18.1 Å². The Morgan fingerprint density at radius 2 is 1.86 bits per heavy atom. The first-order valence-corrected chi connectivity index (χ1v) is 11.9. The number of nitrogens with zero attached hydrogens (tertiary/aromatic N) is 1. The van der Waals surface area contributed by atoms with Gasteiger partial charge in [-0.2, -0.15) is 0 Å². The lowest BCUT2D eigenvalue weighted by molar-refractivity contribution is -0.139. The highest BCUT2D eigenvalue weighted by atomic mass is 16.5. The fraction of sp³-hybridized carbons (Fsp3) is 0.241. The molecule has 2 aliphatic heterocycles. The maximum atomic E-state index is 13.3. The maximum absolute atomic E-state index is 13.3. The van der Waals surface area contributed by atoms with E-state index in [1.54, 1.807) is 30.3 Å². The topological polar surface area (TPSA) is 96.3 Å². The zero-order chi connectivity index (χ0) is 25.4. The molecule has 36 heavy (non-hydrogen) atoms. The average Bonchev–Trinajstić information content (AvgIpc) is 3.38. The molecule has 3 aromatic carbocycles. The van der Waals surface area contributed by atoms with Crippen molar-refractivity contribution in [3.8, 4) is 17.2 Å². The van der Waals surface area contributed by atoms with E-state index in [4.69, 9.17) is 9.47 Å². The Kier molecular flexibility index (Phi) is 6.14. The molecule has 0 saturated carbocycles. The molecule has 184 valence electrons. The number of amides is 1. The SMILES string of the molecule is COc1cc([C@H]2/C(=C(\O)c3ccc4c(c3)C[C@@H](C)O4)C(=O)C(=O)N2CCc2ccccc2)ccc1O. The highest BCUT2D eigenvalue weighted by molar-refractivity contribution is 6.46. The summed E-state index contributed by atoms with van der Waals surface area (Å²) in [6.45, 7) is 2.24. The van der Waals surface area contributed by atoms with E-state index in [2.05, 4.69) is 0 Å². The number of hydrogen-bond acceptors (Lipinski definition) is 6. The van der Waals surface area contributed by atoms with Crippen LogP contribution in [-0.2, 0) is 22.4 Å². The summed E-state index contributed by atoms with van der Waals surface area (Å²) in [6, 6.07) is 18.8. The number of carbonyl (C=O) groups is 2. The van der Waals surface area contributed by atoms with Gasteiger partial charge in [-0.3, -0.25) is 9.59 Å². The second kappa shape index (κ2) is 9.41. The number of aliphatic hydroxyl groups excluding tert-OH is 1. The molecule has 2 atom stereocenters. The second-order valence-corrected chi connectivity index (χ2v) is 9.11. The third-order valence-electron chi connectivity index (χ3n) is 6.71. The van der Waals surface area contributed by atoms with E-state index in [0.29, 0.717) is 24.0 Å².